The number of ether oxygens (including phenoxy) is 1. The molecule has 2 aliphatic rings. The highest BCUT2D eigenvalue weighted by Gasteiger charge is 2.29. The van der Waals surface area contributed by atoms with E-state index in [1.54, 1.807) is 18.2 Å². The molecule has 10 heteroatoms. The fourth-order valence-electron chi connectivity index (χ4n) is 3.72. The summed E-state index contributed by atoms with van der Waals surface area (Å²) in [6, 6.07) is 5.39. The summed E-state index contributed by atoms with van der Waals surface area (Å²) in [5.74, 6) is -1.88. The molecule has 1 aromatic rings. The van der Waals surface area contributed by atoms with Crippen molar-refractivity contribution in [2.24, 2.45) is 0 Å². The minimum Gasteiger partial charge on any atom is -0.484 e. The molecule has 0 radical (unpaired) electrons. The molecule has 8 nitrogen and oxygen atoms in total. The van der Waals surface area contributed by atoms with Crippen LogP contribution >= 0.6 is 23.2 Å². The first-order valence-electron chi connectivity index (χ1n) is 10.5. The van der Waals surface area contributed by atoms with Gasteiger partial charge in [0.25, 0.3) is 5.91 Å². The number of hydrogen-bond acceptors (Lipinski definition) is 5. The van der Waals surface area contributed by atoms with Gasteiger partial charge in [0.2, 0.25) is 0 Å². The van der Waals surface area contributed by atoms with E-state index in [9.17, 15) is 14.4 Å². The Labute approximate surface area is 197 Å². The first kappa shape index (κ1) is 26.0. The summed E-state index contributed by atoms with van der Waals surface area (Å²) >= 11 is 11.9. The summed E-state index contributed by atoms with van der Waals surface area (Å²) in [5.41, 5.74) is 0. The number of carboxylic acids is 2. The Hall–Kier alpha value is -2.29. The highest BCUT2D eigenvalue weighted by Crippen LogP contribution is 2.26. The average molecular weight is 487 g/mol. The summed E-state index contributed by atoms with van der Waals surface area (Å²) in [4.78, 5) is 36.2. The van der Waals surface area contributed by atoms with Crippen LogP contribution in [0.4, 0.5) is 0 Å². The number of carbonyl (C=O) groups excluding carboxylic acids is 1. The van der Waals surface area contributed by atoms with Crippen molar-refractivity contribution in [2.45, 2.75) is 38.1 Å². The Morgan fingerprint density at radius 1 is 0.969 bits per heavy atom. The lowest BCUT2D eigenvalue weighted by Crippen LogP contribution is -2.50. The standard InChI is InChI=1S/C18H24Cl2N2O2.C4H4O4/c19-16-7-6-15(11-17(16)20)24-13-18(23)22-10-2-1-5-14(22)12-21-8-3-4-9-21;5-3(6)1-2-4(7)8/h6-7,11,14H,1-5,8-10,12-13H2;1-2H,(H,5,6)(H,7,8). The fourth-order valence-corrected chi connectivity index (χ4v) is 4.01. The van der Waals surface area contributed by atoms with Crippen LogP contribution in [0.3, 0.4) is 0 Å². The number of aliphatic carboxylic acids is 2. The van der Waals surface area contributed by atoms with Crippen molar-refractivity contribution in [3.63, 3.8) is 0 Å². The third-order valence-electron chi connectivity index (χ3n) is 5.24. The number of amides is 1. The molecular weight excluding hydrogens is 459 g/mol. The zero-order valence-electron chi connectivity index (χ0n) is 17.7. The third kappa shape index (κ3) is 9.06. The van der Waals surface area contributed by atoms with Gasteiger partial charge in [-0.15, -0.1) is 0 Å². The zero-order valence-corrected chi connectivity index (χ0v) is 19.2. The zero-order chi connectivity index (χ0) is 23.5. The summed E-state index contributed by atoms with van der Waals surface area (Å²) in [5, 5.41) is 16.5. The molecule has 0 saturated carbocycles. The highest BCUT2D eigenvalue weighted by atomic mass is 35.5. The number of likely N-dealkylation sites (tertiary alicyclic amines) is 2. The van der Waals surface area contributed by atoms with Crippen LogP contribution in [0.15, 0.2) is 30.4 Å². The molecule has 0 aliphatic carbocycles. The van der Waals surface area contributed by atoms with Crippen LogP contribution in [0.2, 0.25) is 10.0 Å². The normalized spacial score (nSPS) is 18.8. The summed E-state index contributed by atoms with van der Waals surface area (Å²) in [6.45, 7) is 4.21. The molecule has 3 rings (SSSR count). The molecule has 1 amide bonds. The van der Waals surface area contributed by atoms with Crippen molar-refractivity contribution in [2.75, 3.05) is 32.8 Å². The van der Waals surface area contributed by atoms with Crippen LogP contribution < -0.4 is 4.74 Å². The van der Waals surface area contributed by atoms with Crippen molar-refractivity contribution < 1.29 is 29.3 Å². The summed E-state index contributed by atoms with van der Waals surface area (Å²) in [6.07, 6.45) is 7.05. The van der Waals surface area contributed by atoms with Gasteiger partial charge in [0, 0.05) is 37.3 Å². The Morgan fingerprint density at radius 2 is 1.59 bits per heavy atom. The van der Waals surface area contributed by atoms with Crippen LogP contribution in [0.5, 0.6) is 5.75 Å². The van der Waals surface area contributed by atoms with Gasteiger partial charge in [-0.25, -0.2) is 9.59 Å². The smallest absolute Gasteiger partial charge is 0.328 e. The van der Waals surface area contributed by atoms with Crippen molar-refractivity contribution in [3.05, 3.63) is 40.4 Å². The molecular formula is C22H28Cl2N2O6. The largest absolute Gasteiger partial charge is 0.484 e. The molecule has 0 aromatic heterocycles. The highest BCUT2D eigenvalue weighted by molar-refractivity contribution is 6.42. The molecule has 1 atom stereocenters. The van der Waals surface area contributed by atoms with Crippen molar-refractivity contribution >= 4 is 41.0 Å². The molecule has 176 valence electrons. The molecule has 2 aliphatic heterocycles. The second-order valence-corrected chi connectivity index (χ2v) is 8.43. The van der Waals surface area contributed by atoms with E-state index >= 15 is 0 Å². The van der Waals surface area contributed by atoms with E-state index < -0.39 is 11.9 Å². The van der Waals surface area contributed by atoms with Gasteiger partial charge in [0.15, 0.2) is 6.61 Å². The lowest BCUT2D eigenvalue weighted by molar-refractivity contribution is -0.137. The van der Waals surface area contributed by atoms with E-state index in [4.69, 9.17) is 38.2 Å². The number of benzene rings is 1. The maximum absolute atomic E-state index is 12.6. The third-order valence-corrected chi connectivity index (χ3v) is 5.98. The molecule has 2 saturated heterocycles. The van der Waals surface area contributed by atoms with Gasteiger partial charge in [-0.1, -0.05) is 23.2 Å². The summed E-state index contributed by atoms with van der Waals surface area (Å²) in [7, 11) is 0. The van der Waals surface area contributed by atoms with Crippen LogP contribution in [0.1, 0.15) is 32.1 Å². The maximum atomic E-state index is 12.6. The molecule has 0 bridgehead atoms. The predicted molar refractivity (Wildman–Crippen MR) is 121 cm³/mol. The second-order valence-electron chi connectivity index (χ2n) is 7.62. The number of carboxylic acid groups (broad SMARTS) is 2. The van der Waals surface area contributed by atoms with E-state index in [2.05, 4.69) is 4.90 Å². The van der Waals surface area contributed by atoms with E-state index in [-0.39, 0.29) is 12.5 Å². The average Bonchev–Trinajstić information content (AvgIpc) is 3.27. The van der Waals surface area contributed by atoms with Crippen molar-refractivity contribution in [1.29, 1.82) is 0 Å². The fraction of sp³-hybridized carbons (Fsp3) is 0.500. The Kier molecular flexibility index (Phi) is 10.8. The number of hydrogen-bond donors (Lipinski definition) is 2. The number of rotatable bonds is 7. The molecule has 1 unspecified atom stereocenters. The van der Waals surface area contributed by atoms with Gasteiger partial charge in [0.05, 0.1) is 10.0 Å². The van der Waals surface area contributed by atoms with E-state index in [0.717, 1.165) is 39.0 Å². The maximum Gasteiger partial charge on any atom is 0.328 e. The first-order valence-corrected chi connectivity index (χ1v) is 11.3. The van der Waals surface area contributed by atoms with Gasteiger partial charge >= 0.3 is 11.9 Å². The predicted octanol–water partition coefficient (Wildman–Crippen LogP) is 3.56. The Bertz CT molecular complexity index is 811. The van der Waals surface area contributed by atoms with Crippen LogP contribution in [0.25, 0.3) is 0 Å². The van der Waals surface area contributed by atoms with Crippen molar-refractivity contribution in [1.82, 2.24) is 9.80 Å². The van der Waals surface area contributed by atoms with Gasteiger partial charge in [-0.3, -0.25) is 4.79 Å². The number of carbonyl (C=O) groups is 3. The quantitative estimate of drug-likeness (QED) is 0.567. The van der Waals surface area contributed by atoms with Crippen LogP contribution in [0, 0.1) is 0 Å². The lowest BCUT2D eigenvalue weighted by Gasteiger charge is -2.37. The molecule has 1 aromatic carbocycles. The first-order chi connectivity index (χ1) is 15.3. The lowest BCUT2D eigenvalue weighted by atomic mass is 10.0. The minimum absolute atomic E-state index is 0.0501. The molecule has 2 N–H and O–H groups in total. The van der Waals surface area contributed by atoms with Crippen LogP contribution in [-0.2, 0) is 14.4 Å². The SMILES string of the molecule is O=C(COc1ccc(Cl)c(Cl)c1)N1CCCCC1CN1CCCC1.O=C(O)C=CC(=O)O. The second kappa shape index (κ2) is 13.3. The Morgan fingerprint density at radius 3 is 2.19 bits per heavy atom. The van der Waals surface area contributed by atoms with E-state index in [1.807, 2.05) is 4.90 Å². The van der Waals surface area contributed by atoms with Gasteiger partial charge in [0.1, 0.15) is 5.75 Å². The Balaban J connectivity index is 0.000000390. The summed E-state index contributed by atoms with van der Waals surface area (Å²) < 4.78 is 5.63. The van der Waals surface area contributed by atoms with Gasteiger partial charge in [-0.05, 0) is 57.3 Å². The van der Waals surface area contributed by atoms with Crippen molar-refractivity contribution in [3.8, 4) is 5.75 Å². The number of piperidine rings is 1. The molecule has 2 fully saturated rings. The monoisotopic (exact) mass is 486 g/mol. The molecule has 32 heavy (non-hydrogen) atoms. The minimum atomic E-state index is -1.26. The number of nitrogens with zero attached hydrogens (tertiary/aromatic N) is 2. The van der Waals surface area contributed by atoms with Gasteiger partial charge < -0.3 is 24.7 Å². The molecule has 0 spiro atoms. The van der Waals surface area contributed by atoms with Gasteiger partial charge in [-0.2, -0.15) is 0 Å². The topological polar surface area (TPSA) is 107 Å². The van der Waals surface area contributed by atoms with E-state index in [0.29, 0.717) is 34.0 Å². The van der Waals surface area contributed by atoms with Crippen LogP contribution in [-0.4, -0.2) is 76.7 Å². The molecule has 2 heterocycles. The van der Waals surface area contributed by atoms with E-state index in [1.165, 1.54) is 19.3 Å². The number of halogens is 2.